The number of sulfone groups is 1. The van der Waals surface area contributed by atoms with Crippen LogP contribution in [0, 0.1) is 0 Å². The third-order valence-electron chi connectivity index (χ3n) is 4.34. The molecule has 0 unspecified atom stereocenters. The molecule has 1 aliphatic heterocycles. The van der Waals surface area contributed by atoms with Gasteiger partial charge in [0.05, 0.1) is 0 Å². The standard InChI is InChI=1S/C19H21NO4S/c1-14(21)24-18-12-15-8-10-20(17-6-4-3-5-7-17)11-9-16(15)13-19(18)25(2,22)23/h3-7,12-13H,8-11H2,1-2H3. The van der Waals surface area contributed by atoms with Gasteiger partial charge in [-0.2, -0.15) is 0 Å². The molecule has 1 aliphatic rings. The molecule has 0 spiro atoms. The van der Waals surface area contributed by atoms with Crippen molar-refractivity contribution in [1.82, 2.24) is 0 Å². The second-order valence-electron chi connectivity index (χ2n) is 6.26. The molecule has 0 radical (unpaired) electrons. The average molecular weight is 359 g/mol. The zero-order chi connectivity index (χ0) is 18.0. The Bertz CT molecular complexity index is 891. The van der Waals surface area contributed by atoms with Gasteiger partial charge >= 0.3 is 5.97 Å². The lowest BCUT2D eigenvalue weighted by Gasteiger charge is -2.22. The van der Waals surface area contributed by atoms with E-state index in [0.29, 0.717) is 0 Å². The van der Waals surface area contributed by atoms with Crippen LogP contribution >= 0.6 is 0 Å². The second-order valence-corrected chi connectivity index (χ2v) is 8.24. The van der Waals surface area contributed by atoms with Gasteiger partial charge in [-0.3, -0.25) is 4.79 Å². The van der Waals surface area contributed by atoms with Gasteiger partial charge in [0.1, 0.15) is 10.6 Å². The largest absolute Gasteiger partial charge is 0.425 e. The minimum Gasteiger partial charge on any atom is -0.425 e. The van der Waals surface area contributed by atoms with Crippen LogP contribution in [-0.4, -0.2) is 33.7 Å². The van der Waals surface area contributed by atoms with Crippen molar-refractivity contribution in [3.63, 3.8) is 0 Å². The number of hydrogen-bond donors (Lipinski definition) is 0. The number of hydrogen-bond acceptors (Lipinski definition) is 5. The zero-order valence-electron chi connectivity index (χ0n) is 14.4. The van der Waals surface area contributed by atoms with Crippen molar-refractivity contribution in [3.05, 3.63) is 53.6 Å². The summed E-state index contributed by atoms with van der Waals surface area (Å²) in [7, 11) is -3.48. The van der Waals surface area contributed by atoms with Gasteiger partial charge < -0.3 is 9.64 Å². The van der Waals surface area contributed by atoms with Crippen LogP contribution in [0.4, 0.5) is 5.69 Å². The molecule has 3 rings (SSSR count). The van der Waals surface area contributed by atoms with Gasteiger partial charge in [-0.25, -0.2) is 8.42 Å². The van der Waals surface area contributed by atoms with Gasteiger partial charge in [-0.15, -0.1) is 0 Å². The molecular weight excluding hydrogens is 338 g/mol. The van der Waals surface area contributed by atoms with Crippen LogP contribution in [0.1, 0.15) is 18.1 Å². The van der Waals surface area contributed by atoms with Gasteiger partial charge in [-0.05, 0) is 48.2 Å². The maximum Gasteiger partial charge on any atom is 0.308 e. The maximum atomic E-state index is 12.1. The summed E-state index contributed by atoms with van der Waals surface area (Å²) < 4.78 is 29.3. The molecule has 6 heteroatoms. The van der Waals surface area contributed by atoms with E-state index in [0.717, 1.165) is 49.0 Å². The Morgan fingerprint density at radius 2 is 1.64 bits per heavy atom. The van der Waals surface area contributed by atoms with E-state index in [1.54, 1.807) is 12.1 Å². The topological polar surface area (TPSA) is 63.7 Å². The van der Waals surface area contributed by atoms with E-state index in [1.165, 1.54) is 6.92 Å². The summed E-state index contributed by atoms with van der Waals surface area (Å²) in [5.74, 6) is -0.397. The Kier molecular flexibility index (Phi) is 4.81. The van der Waals surface area contributed by atoms with Crippen molar-refractivity contribution in [3.8, 4) is 5.75 Å². The third-order valence-corrected chi connectivity index (χ3v) is 5.46. The Morgan fingerprint density at radius 3 is 2.20 bits per heavy atom. The maximum absolute atomic E-state index is 12.1. The molecule has 1 heterocycles. The number of fused-ring (bicyclic) bond motifs is 1. The van der Waals surface area contributed by atoms with Crippen molar-refractivity contribution in [1.29, 1.82) is 0 Å². The fourth-order valence-corrected chi connectivity index (χ4v) is 3.98. The molecule has 0 bridgehead atoms. The number of ether oxygens (including phenoxy) is 1. The van der Waals surface area contributed by atoms with E-state index in [4.69, 9.17) is 4.74 Å². The van der Waals surface area contributed by atoms with E-state index in [9.17, 15) is 13.2 Å². The van der Waals surface area contributed by atoms with E-state index in [1.807, 2.05) is 18.2 Å². The van der Waals surface area contributed by atoms with Crippen LogP contribution in [0.15, 0.2) is 47.4 Å². The summed E-state index contributed by atoms with van der Waals surface area (Å²) in [4.78, 5) is 13.7. The summed E-state index contributed by atoms with van der Waals surface area (Å²) >= 11 is 0. The molecule has 0 saturated heterocycles. The highest BCUT2D eigenvalue weighted by molar-refractivity contribution is 7.90. The molecular formula is C19H21NO4S. The normalized spacial score (nSPS) is 14.6. The lowest BCUT2D eigenvalue weighted by atomic mass is 10.0. The zero-order valence-corrected chi connectivity index (χ0v) is 15.2. The van der Waals surface area contributed by atoms with Crippen LogP contribution in [0.25, 0.3) is 0 Å². The summed E-state index contributed by atoms with van der Waals surface area (Å²) in [6.07, 6.45) is 2.64. The SMILES string of the molecule is CC(=O)Oc1cc2c(cc1S(C)(=O)=O)CCN(c1ccccc1)CC2. The smallest absolute Gasteiger partial charge is 0.308 e. The summed E-state index contributed by atoms with van der Waals surface area (Å²) in [6.45, 7) is 2.91. The van der Waals surface area contributed by atoms with Crippen LogP contribution in [-0.2, 0) is 27.5 Å². The summed E-state index contributed by atoms with van der Waals surface area (Å²) in [6, 6.07) is 13.5. The van der Waals surface area contributed by atoms with Gasteiger partial charge in [0, 0.05) is 32.0 Å². The molecule has 2 aromatic rings. The number of anilines is 1. The molecule has 2 aromatic carbocycles. The molecule has 0 amide bonds. The molecule has 0 fully saturated rings. The first-order valence-electron chi connectivity index (χ1n) is 8.19. The summed E-state index contributed by atoms with van der Waals surface area (Å²) in [5.41, 5.74) is 3.18. The molecule has 0 atom stereocenters. The van der Waals surface area contributed by atoms with E-state index in [2.05, 4.69) is 17.0 Å². The Hall–Kier alpha value is -2.34. The van der Waals surface area contributed by atoms with Crippen LogP contribution in [0.2, 0.25) is 0 Å². The average Bonchev–Trinajstić information content (AvgIpc) is 2.75. The van der Waals surface area contributed by atoms with Crippen molar-refractivity contribution in [2.75, 3.05) is 24.2 Å². The highest BCUT2D eigenvalue weighted by atomic mass is 32.2. The number of benzene rings is 2. The number of esters is 1. The van der Waals surface area contributed by atoms with Gasteiger partial charge in [0.2, 0.25) is 0 Å². The predicted molar refractivity (Wildman–Crippen MR) is 96.9 cm³/mol. The number of nitrogens with zero attached hydrogens (tertiary/aromatic N) is 1. The first-order chi connectivity index (χ1) is 11.8. The molecule has 0 aromatic heterocycles. The quantitative estimate of drug-likeness (QED) is 0.623. The predicted octanol–water partition coefficient (Wildman–Crippen LogP) is 2.62. The highest BCUT2D eigenvalue weighted by Gasteiger charge is 2.22. The van der Waals surface area contributed by atoms with Crippen molar-refractivity contribution < 1.29 is 17.9 Å². The Labute approximate surface area is 148 Å². The minimum atomic E-state index is -3.48. The number of para-hydroxylation sites is 1. The molecule has 25 heavy (non-hydrogen) atoms. The van der Waals surface area contributed by atoms with Crippen molar-refractivity contribution >= 4 is 21.5 Å². The Balaban J connectivity index is 1.96. The van der Waals surface area contributed by atoms with E-state index < -0.39 is 15.8 Å². The lowest BCUT2D eigenvalue weighted by Crippen LogP contribution is -2.25. The van der Waals surface area contributed by atoms with Gasteiger partial charge in [0.15, 0.2) is 9.84 Å². The summed E-state index contributed by atoms with van der Waals surface area (Å²) in [5, 5.41) is 0. The van der Waals surface area contributed by atoms with Gasteiger partial charge in [0.25, 0.3) is 0 Å². The van der Waals surface area contributed by atoms with E-state index >= 15 is 0 Å². The monoisotopic (exact) mass is 359 g/mol. The molecule has 5 nitrogen and oxygen atoms in total. The van der Waals surface area contributed by atoms with Crippen molar-refractivity contribution in [2.24, 2.45) is 0 Å². The fourth-order valence-electron chi connectivity index (χ4n) is 3.15. The lowest BCUT2D eigenvalue weighted by molar-refractivity contribution is -0.132. The first kappa shape index (κ1) is 17.5. The Morgan fingerprint density at radius 1 is 1.04 bits per heavy atom. The molecule has 0 N–H and O–H groups in total. The second kappa shape index (κ2) is 6.88. The molecule has 0 aliphatic carbocycles. The molecule has 0 saturated carbocycles. The number of rotatable bonds is 3. The minimum absolute atomic E-state index is 0.0783. The fraction of sp³-hybridized carbons (Fsp3) is 0.316. The van der Waals surface area contributed by atoms with Crippen molar-refractivity contribution in [2.45, 2.75) is 24.7 Å². The van der Waals surface area contributed by atoms with Crippen LogP contribution in [0.3, 0.4) is 0 Å². The number of carbonyl (C=O) groups excluding carboxylic acids is 1. The first-order valence-corrected chi connectivity index (χ1v) is 10.1. The highest BCUT2D eigenvalue weighted by Crippen LogP contribution is 2.31. The van der Waals surface area contributed by atoms with Crippen LogP contribution in [0.5, 0.6) is 5.75 Å². The van der Waals surface area contributed by atoms with E-state index in [-0.39, 0.29) is 10.6 Å². The third kappa shape index (κ3) is 4.02. The van der Waals surface area contributed by atoms with Crippen LogP contribution < -0.4 is 9.64 Å². The number of carbonyl (C=O) groups is 1. The molecule has 132 valence electrons. The van der Waals surface area contributed by atoms with Gasteiger partial charge in [-0.1, -0.05) is 18.2 Å².